The summed E-state index contributed by atoms with van der Waals surface area (Å²) in [5.74, 6) is 0.266. The Morgan fingerprint density at radius 3 is 2.32 bits per heavy atom. The van der Waals surface area contributed by atoms with E-state index in [0.717, 1.165) is 11.1 Å². The summed E-state index contributed by atoms with van der Waals surface area (Å²) < 4.78 is 12.2. The Labute approximate surface area is 152 Å². The molecule has 1 aromatic heterocycles. The molecule has 0 spiro atoms. The molecule has 1 aromatic carbocycles. The number of aliphatic hydroxyl groups excluding tert-OH is 1. The van der Waals surface area contributed by atoms with E-state index in [2.05, 4.69) is 5.10 Å². The summed E-state index contributed by atoms with van der Waals surface area (Å²) in [5.41, 5.74) is 1.11. The van der Waals surface area contributed by atoms with Crippen LogP contribution < -0.4 is 10.3 Å². The number of nitrogens with zero attached hydrogens (tertiary/aromatic N) is 2. The summed E-state index contributed by atoms with van der Waals surface area (Å²) >= 11 is 6.13. The molecule has 0 radical (unpaired) electrons. The molecule has 0 unspecified atom stereocenters. The van der Waals surface area contributed by atoms with E-state index in [1.54, 1.807) is 0 Å². The lowest BCUT2D eigenvalue weighted by Gasteiger charge is -2.21. The second-order valence-electron chi connectivity index (χ2n) is 6.59. The fourth-order valence-corrected chi connectivity index (χ4v) is 2.33. The van der Waals surface area contributed by atoms with Crippen molar-refractivity contribution < 1.29 is 14.6 Å². The minimum absolute atomic E-state index is 0.00864. The molecule has 6 nitrogen and oxygen atoms in total. The molecule has 0 saturated heterocycles. The van der Waals surface area contributed by atoms with Crippen molar-refractivity contribution in [2.24, 2.45) is 0 Å². The second kappa shape index (κ2) is 8.47. The summed E-state index contributed by atoms with van der Waals surface area (Å²) in [6, 6.07) is 7.67. The van der Waals surface area contributed by atoms with Crippen molar-refractivity contribution in [1.29, 1.82) is 0 Å². The molecular formula is C18H23ClN2O4. The van der Waals surface area contributed by atoms with E-state index in [9.17, 15) is 4.79 Å². The van der Waals surface area contributed by atoms with Crippen molar-refractivity contribution in [3.8, 4) is 5.75 Å². The summed E-state index contributed by atoms with van der Waals surface area (Å²) in [7, 11) is 0. The van der Waals surface area contributed by atoms with Gasteiger partial charge >= 0.3 is 0 Å². The maximum atomic E-state index is 12.3. The van der Waals surface area contributed by atoms with Crippen LogP contribution in [0.5, 0.6) is 5.75 Å². The van der Waals surface area contributed by atoms with E-state index in [0.29, 0.717) is 13.2 Å². The average Bonchev–Trinajstić information content (AvgIpc) is 2.56. The van der Waals surface area contributed by atoms with Crippen molar-refractivity contribution in [1.82, 2.24) is 9.78 Å². The van der Waals surface area contributed by atoms with Crippen molar-refractivity contribution in [2.75, 3.05) is 13.2 Å². The standard InChI is InChI=1S/C18H23ClN2O4/c1-18(2,3)21-17(23)16(19)15(10-20-21)25-12-14-6-4-13(5-7-14)11-24-9-8-22/h4-7,10,22H,8-9,11-12H2,1-3H3. The van der Waals surface area contributed by atoms with Gasteiger partial charge in [-0.2, -0.15) is 5.10 Å². The number of hydrogen-bond donors (Lipinski definition) is 1. The topological polar surface area (TPSA) is 73.6 Å². The molecular weight excluding hydrogens is 344 g/mol. The van der Waals surface area contributed by atoms with E-state index in [-0.39, 0.29) is 29.5 Å². The predicted molar refractivity (Wildman–Crippen MR) is 96.0 cm³/mol. The third-order valence-corrected chi connectivity index (χ3v) is 3.79. The van der Waals surface area contributed by atoms with Crippen LogP contribution in [-0.4, -0.2) is 28.1 Å². The van der Waals surface area contributed by atoms with Crippen LogP contribution in [0.1, 0.15) is 31.9 Å². The van der Waals surface area contributed by atoms with Gasteiger partial charge in [-0.1, -0.05) is 35.9 Å². The molecule has 136 valence electrons. The lowest BCUT2D eigenvalue weighted by molar-refractivity contribution is 0.0815. The van der Waals surface area contributed by atoms with Crippen LogP contribution in [-0.2, 0) is 23.5 Å². The van der Waals surface area contributed by atoms with Gasteiger partial charge in [0.25, 0.3) is 5.56 Å². The molecule has 0 atom stereocenters. The quantitative estimate of drug-likeness (QED) is 0.763. The van der Waals surface area contributed by atoms with Gasteiger partial charge in [0.2, 0.25) is 0 Å². The molecule has 0 aliphatic rings. The van der Waals surface area contributed by atoms with Gasteiger partial charge in [-0.25, -0.2) is 4.68 Å². The van der Waals surface area contributed by atoms with Crippen LogP contribution in [0.2, 0.25) is 5.02 Å². The van der Waals surface area contributed by atoms with E-state index in [1.807, 2.05) is 45.0 Å². The predicted octanol–water partition coefficient (Wildman–Crippen LogP) is 2.74. The molecule has 2 rings (SSSR count). The molecule has 0 aliphatic carbocycles. The number of hydrogen-bond acceptors (Lipinski definition) is 5. The molecule has 7 heteroatoms. The van der Waals surface area contributed by atoms with Gasteiger partial charge in [0.15, 0.2) is 10.8 Å². The Morgan fingerprint density at radius 2 is 1.76 bits per heavy atom. The monoisotopic (exact) mass is 366 g/mol. The van der Waals surface area contributed by atoms with Crippen LogP contribution in [0.4, 0.5) is 0 Å². The fourth-order valence-electron chi connectivity index (χ4n) is 2.14. The number of halogens is 1. The van der Waals surface area contributed by atoms with E-state index in [1.165, 1.54) is 10.9 Å². The van der Waals surface area contributed by atoms with Crippen LogP contribution in [0.15, 0.2) is 35.3 Å². The molecule has 0 amide bonds. The summed E-state index contributed by atoms with van der Waals surface area (Å²) in [6.45, 7) is 6.68. The highest BCUT2D eigenvalue weighted by Gasteiger charge is 2.19. The molecule has 25 heavy (non-hydrogen) atoms. The van der Waals surface area contributed by atoms with E-state index < -0.39 is 5.54 Å². The van der Waals surface area contributed by atoms with Crippen molar-refractivity contribution >= 4 is 11.6 Å². The van der Waals surface area contributed by atoms with Gasteiger partial charge in [0, 0.05) is 0 Å². The minimum Gasteiger partial charge on any atom is -0.485 e. The summed E-state index contributed by atoms with van der Waals surface area (Å²) in [4.78, 5) is 12.3. The van der Waals surface area contributed by atoms with Gasteiger partial charge in [0.05, 0.1) is 31.6 Å². The molecule has 1 heterocycles. The molecule has 0 aliphatic heterocycles. The highest BCUT2D eigenvalue weighted by Crippen LogP contribution is 2.21. The van der Waals surface area contributed by atoms with Gasteiger partial charge in [-0.3, -0.25) is 4.79 Å². The lowest BCUT2D eigenvalue weighted by Crippen LogP contribution is -2.36. The Balaban J connectivity index is 2.02. The number of rotatable bonds is 7. The Hall–Kier alpha value is -1.89. The molecule has 1 N–H and O–H groups in total. The number of aliphatic hydroxyl groups is 1. The number of ether oxygens (including phenoxy) is 2. The van der Waals surface area contributed by atoms with E-state index in [4.69, 9.17) is 26.2 Å². The maximum Gasteiger partial charge on any atom is 0.289 e. The summed E-state index contributed by atoms with van der Waals surface area (Å²) in [5, 5.41) is 12.9. The van der Waals surface area contributed by atoms with Crippen LogP contribution >= 0.6 is 11.6 Å². The lowest BCUT2D eigenvalue weighted by atomic mass is 10.1. The maximum absolute atomic E-state index is 12.3. The Kier molecular flexibility index (Phi) is 6.58. The first kappa shape index (κ1) is 19.4. The number of benzene rings is 1. The second-order valence-corrected chi connectivity index (χ2v) is 6.97. The zero-order valence-corrected chi connectivity index (χ0v) is 15.4. The van der Waals surface area contributed by atoms with Crippen molar-refractivity contribution in [3.05, 3.63) is 57.0 Å². The minimum atomic E-state index is -0.451. The molecule has 2 aromatic rings. The third-order valence-electron chi connectivity index (χ3n) is 3.44. The molecule has 0 bridgehead atoms. The summed E-state index contributed by atoms with van der Waals surface area (Å²) in [6.07, 6.45) is 1.46. The number of aromatic nitrogens is 2. The fraction of sp³-hybridized carbons (Fsp3) is 0.444. The van der Waals surface area contributed by atoms with Crippen LogP contribution in [0, 0.1) is 0 Å². The smallest absolute Gasteiger partial charge is 0.289 e. The van der Waals surface area contributed by atoms with Gasteiger partial charge in [0.1, 0.15) is 6.61 Å². The first-order chi connectivity index (χ1) is 11.8. The van der Waals surface area contributed by atoms with Crippen LogP contribution in [0.3, 0.4) is 0 Å². The SMILES string of the molecule is CC(C)(C)n1ncc(OCc2ccc(COCCO)cc2)c(Cl)c1=O. The largest absolute Gasteiger partial charge is 0.485 e. The average molecular weight is 367 g/mol. The first-order valence-corrected chi connectivity index (χ1v) is 8.38. The highest BCUT2D eigenvalue weighted by atomic mass is 35.5. The van der Waals surface area contributed by atoms with E-state index >= 15 is 0 Å². The third kappa shape index (κ3) is 5.29. The molecule has 0 saturated carbocycles. The first-order valence-electron chi connectivity index (χ1n) is 8.00. The van der Waals surface area contributed by atoms with Gasteiger partial charge in [-0.15, -0.1) is 0 Å². The van der Waals surface area contributed by atoms with Crippen molar-refractivity contribution in [3.63, 3.8) is 0 Å². The zero-order chi connectivity index (χ0) is 18.4. The Morgan fingerprint density at radius 1 is 1.16 bits per heavy atom. The highest BCUT2D eigenvalue weighted by molar-refractivity contribution is 6.31. The zero-order valence-electron chi connectivity index (χ0n) is 14.7. The van der Waals surface area contributed by atoms with Crippen molar-refractivity contribution in [2.45, 2.75) is 39.5 Å². The molecule has 0 fully saturated rings. The normalized spacial score (nSPS) is 11.6. The van der Waals surface area contributed by atoms with Gasteiger partial charge < -0.3 is 14.6 Å². The van der Waals surface area contributed by atoms with Crippen LogP contribution in [0.25, 0.3) is 0 Å². The Bertz CT molecular complexity index is 751. The van der Waals surface area contributed by atoms with Gasteiger partial charge in [-0.05, 0) is 31.9 Å².